The molecule has 0 aliphatic heterocycles. The summed E-state index contributed by atoms with van der Waals surface area (Å²) in [6, 6.07) is 44.7. The molecule has 2 aromatic carbocycles. The van der Waals surface area contributed by atoms with Gasteiger partial charge in [0.05, 0.1) is 0 Å². The minimum absolute atomic E-state index is 0.115. The molecule has 0 aliphatic rings. The Labute approximate surface area is 524 Å². The molecule has 0 spiro atoms. The van der Waals surface area contributed by atoms with Gasteiger partial charge >= 0.3 is 0 Å². The Morgan fingerprint density at radius 1 is 0.506 bits per heavy atom. The second kappa shape index (κ2) is 43.8. The summed E-state index contributed by atoms with van der Waals surface area (Å²) in [5.74, 6) is 4.47. The lowest BCUT2D eigenvalue weighted by atomic mass is 10.1. The summed E-state index contributed by atoms with van der Waals surface area (Å²) in [6.07, 6.45) is 17.0. The van der Waals surface area contributed by atoms with Crippen LogP contribution in [0.25, 0.3) is 6.08 Å². The summed E-state index contributed by atoms with van der Waals surface area (Å²) in [4.78, 5) is 35.0. The van der Waals surface area contributed by atoms with E-state index in [1.165, 1.54) is 16.7 Å². The summed E-state index contributed by atoms with van der Waals surface area (Å²) in [5.41, 5.74) is 23.5. The van der Waals surface area contributed by atoms with Crippen molar-refractivity contribution in [2.75, 3.05) is 86.6 Å². The van der Waals surface area contributed by atoms with E-state index in [0.29, 0.717) is 18.4 Å². The number of aromatic nitrogens is 6. The lowest BCUT2D eigenvalue weighted by Gasteiger charge is -2.18. The number of allylic oxidation sites excluding steroid dienone is 1. The number of pyridine rings is 6. The third-order valence-corrected chi connectivity index (χ3v) is 12.4. The first-order valence-electron chi connectivity index (χ1n) is 26.2. The number of nitrogens with two attached hydrogens (primary N) is 3. The minimum atomic E-state index is 0.115. The number of anilines is 5. The summed E-state index contributed by atoms with van der Waals surface area (Å²) < 4.78 is 2.99. The third-order valence-electron chi connectivity index (χ3n) is 11.0. The van der Waals surface area contributed by atoms with Gasteiger partial charge in [0.2, 0.25) is 0 Å². The predicted octanol–water partition coefficient (Wildman–Crippen LogP) is 14.8. The van der Waals surface area contributed by atoms with Crippen LogP contribution in [-0.4, -0.2) is 91.2 Å². The van der Waals surface area contributed by atoms with Gasteiger partial charge in [-0.25, -0.2) is 24.9 Å². The molecule has 14 nitrogen and oxygen atoms in total. The third kappa shape index (κ3) is 33.0. The van der Waals surface area contributed by atoms with Crippen LogP contribution in [0.4, 0.5) is 29.1 Å². The van der Waals surface area contributed by atoms with Gasteiger partial charge in [-0.2, -0.15) is 0 Å². The van der Waals surface area contributed by atoms with Crippen LogP contribution in [-0.2, 0) is 13.1 Å². The zero-order valence-electron chi connectivity index (χ0n) is 49.5. The van der Waals surface area contributed by atoms with Crippen molar-refractivity contribution in [3.8, 4) is 0 Å². The number of nitrogen functional groups attached to an aromatic ring is 1. The van der Waals surface area contributed by atoms with E-state index in [2.05, 4.69) is 162 Å². The van der Waals surface area contributed by atoms with E-state index >= 15 is 0 Å². The average molecular weight is 1410 g/mol. The molecule has 81 heavy (non-hydrogen) atoms. The van der Waals surface area contributed by atoms with Crippen LogP contribution in [0.3, 0.4) is 0 Å². The molecule has 436 valence electrons. The van der Waals surface area contributed by atoms with Crippen molar-refractivity contribution in [2.45, 2.75) is 65.7 Å². The SMILES string of the molecule is C/C=C/c1ccc(N(C)C)nc1.CCC(N)c1ccc(N(C)C)nc1.CCC(NCc1ccccc1)c1ccc(N(C)C)nc1.CI.CN(C)c1ccc(Br)cn1.Cc1ccc(Br)cn1.NCc1ccccc1.Nc1ccc(Br)cn1. The zero-order chi connectivity index (χ0) is 60.5. The summed E-state index contributed by atoms with van der Waals surface area (Å²) >= 11 is 12.0. The second-order valence-electron chi connectivity index (χ2n) is 18.3. The van der Waals surface area contributed by atoms with Gasteiger partial charge < -0.3 is 42.1 Å². The highest BCUT2D eigenvalue weighted by Gasteiger charge is 2.10. The van der Waals surface area contributed by atoms with Crippen LogP contribution >= 0.6 is 70.4 Å². The quantitative estimate of drug-likeness (QED) is 0.0632. The van der Waals surface area contributed by atoms with Gasteiger partial charge in [0.1, 0.15) is 29.1 Å². The number of aryl methyl sites for hydroxylation is 1. The molecule has 8 rings (SSSR count). The average Bonchev–Trinajstić information content (AvgIpc) is 3.49. The molecule has 0 fully saturated rings. The maximum absolute atomic E-state index is 5.87. The summed E-state index contributed by atoms with van der Waals surface area (Å²) in [5, 5.41) is 3.60. The first kappa shape index (κ1) is 73.1. The van der Waals surface area contributed by atoms with E-state index in [0.717, 1.165) is 72.9 Å². The Hall–Kier alpha value is -5.87. The van der Waals surface area contributed by atoms with Gasteiger partial charge in [-0.1, -0.05) is 121 Å². The molecule has 18 heteroatoms. The van der Waals surface area contributed by atoms with Crippen molar-refractivity contribution in [3.05, 3.63) is 224 Å². The summed E-state index contributed by atoms with van der Waals surface area (Å²) in [6.45, 7) is 9.76. The normalized spacial score (nSPS) is 10.6. The van der Waals surface area contributed by atoms with Crippen LogP contribution in [0.1, 0.15) is 79.2 Å². The molecule has 6 heterocycles. The molecular weight excluding hydrogens is 1320 g/mol. The molecule has 6 aromatic heterocycles. The Balaban J connectivity index is 0.000000483. The topological polar surface area (TPSA) is 180 Å². The molecule has 0 aliphatic carbocycles. The van der Waals surface area contributed by atoms with Crippen molar-refractivity contribution in [1.82, 2.24) is 35.2 Å². The predicted molar refractivity (Wildman–Crippen MR) is 367 cm³/mol. The van der Waals surface area contributed by atoms with Crippen molar-refractivity contribution < 1.29 is 0 Å². The molecule has 2 unspecified atom stereocenters. The fourth-order valence-electron chi connectivity index (χ4n) is 6.36. The van der Waals surface area contributed by atoms with Crippen molar-refractivity contribution in [2.24, 2.45) is 11.5 Å². The fourth-order valence-corrected chi connectivity index (χ4v) is 7.06. The van der Waals surface area contributed by atoms with Gasteiger partial charge in [-0.3, -0.25) is 4.98 Å². The maximum Gasteiger partial charge on any atom is 0.128 e. The van der Waals surface area contributed by atoms with E-state index in [1.807, 2.05) is 210 Å². The standard InChI is InChI=1S/C17H23N3.C10H17N3.C10H14N2.C7H9BrN2.C7H9N.C6H6BrN.C5H5BrN2.CH3I/c1-4-16(18-12-14-8-6-5-7-9-14)15-10-11-17(19-13-15)20(2)3;1-4-9(11)8-5-6-10(12-7-8)13(2)3;1-4-5-9-6-7-10(11-8-9)12(2)3;1-10(2)7-4-3-6(8)5-9-7;8-6-7-4-2-1-3-5-7;1-5-2-3-6(7)4-8-5;6-4-1-2-5(7)8-3-4;1-2/h5-11,13,16,18H,4,12H2,1-3H3;5-7,9H,4,11H2,1-3H3;4-8H,1-3H3;3-5H,1-2H3;1-5H,6,8H2;2-4H,1H3;1-3H,(H2,7,8);1H3/b;;5-4+;;;;;. The van der Waals surface area contributed by atoms with Gasteiger partial charge in [0, 0.05) is 138 Å². The molecule has 7 N–H and O–H groups in total. The van der Waals surface area contributed by atoms with Gasteiger partial charge in [0.15, 0.2) is 0 Å². The van der Waals surface area contributed by atoms with E-state index in [1.54, 1.807) is 24.7 Å². The van der Waals surface area contributed by atoms with Gasteiger partial charge in [-0.05, 0) is 168 Å². The van der Waals surface area contributed by atoms with E-state index in [9.17, 15) is 0 Å². The Morgan fingerprint density at radius 3 is 1.25 bits per heavy atom. The lowest BCUT2D eigenvalue weighted by Crippen LogP contribution is -2.20. The van der Waals surface area contributed by atoms with Crippen molar-refractivity contribution in [1.29, 1.82) is 0 Å². The Morgan fingerprint density at radius 2 is 0.926 bits per heavy atom. The maximum atomic E-state index is 5.87. The highest BCUT2D eigenvalue weighted by Crippen LogP contribution is 2.20. The van der Waals surface area contributed by atoms with E-state index < -0.39 is 0 Å². The molecule has 2 atom stereocenters. The van der Waals surface area contributed by atoms with Gasteiger partial charge in [-0.15, -0.1) is 0 Å². The molecule has 0 radical (unpaired) electrons. The van der Waals surface area contributed by atoms with Crippen LogP contribution in [0.5, 0.6) is 0 Å². The first-order chi connectivity index (χ1) is 38.8. The smallest absolute Gasteiger partial charge is 0.128 e. The lowest BCUT2D eigenvalue weighted by molar-refractivity contribution is 0.517. The summed E-state index contributed by atoms with van der Waals surface area (Å²) in [7, 11) is 15.9. The van der Waals surface area contributed by atoms with E-state index in [-0.39, 0.29) is 6.04 Å². The van der Waals surface area contributed by atoms with Crippen LogP contribution < -0.4 is 42.1 Å². The molecular formula is C63H86Br3IN14. The fraction of sp³-hybridized carbons (Fsp3) is 0.302. The highest BCUT2D eigenvalue weighted by molar-refractivity contribution is 14.1. The number of hydrogen-bond acceptors (Lipinski definition) is 14. The number of nitrogens with one attached hydrogen (secondary N) is 1. The number of benzene rings is 2. The zero-order valence-corrected chi connectivity index (χ0v) is 56.4. The van der Waals surface area contributed by atoms with Crippen LogP contribution in [0, 0.1) is 6.92 Å². The second-order valence-corrected chi connectivity index (χ2v) is 21.1. The Kier molecular flexibility index (Phi) is 39.6. The van der Waals surface area contributed by atoms with Crippen molar-refractivity contribution >= 4 is 106 Å². The minimum Gasteiger partial charge on any atom is -0.384 e. The molecule has 0 saturated heterocycles. The molecule has 0 saturated carbocycles. The monoisotopic (exact) mass is 1400 g/mol. The number of hydrogen-bond donors (Lipinski definition) is 4. The molecule has 8 aromatic rings. The van der Waals surface area contributed by atoms with Gasteiger partial charge in [0.25, 0.3) is 0 Å². The number of nitrogens with zero attached hydrogens (tertiary/aromatic N) is 10. The van der Waals surface area contributed by atoms with E-state index in [4.69, 9.17) is 17.2 Å². The molecule has 0 amide bonds. The van der Waals surface area contributed by atoms with Crippen LogP contribution in [0.15, 0.2) is 190 Å². The number of alkyl halides is 1. The van der Waals surface area contributed by atoms with Crippen molar-refractivity contribution in [3.63, 3.8) is 0 Å². The van der Waals surface area contributed by atoms with Crippen LogP contribution in [0.2, 0.25) is 0 Å². The Bertz CT molecular complexity index is 2710. The highest BCUT2D eigenvalue weighted by atomic mass is 127. The largest absolute Gasteiger partial charge is 0.384 e. The number of rotatable bonds is 13. The number of halogens is 4. The first-order valence-corrected chi connectivity index (χ1v) is 30.7. The molecule has 0 bridgehead atoms.